The fourth-order valence-corrected chi connectivity index (χ4v) is 1.99. The minimum Gasteiger partial charge on any atom is -0.497 e. The van der Waals surface area contributed by atoms with Crippen molar-refractivity contribution < 1.29 is 13.9 Å². The number of anilines is 1. The van der Waals surface area contributed by atoms with Crippen LogP contribution in [-0.2, 0) is 0 Å². The lowest BCUT2D eigenvalue weighted by atomic mass is 10.3. The number of rotatable bonds is 6. The summed E-state index contributed by atoms with van der Waals surface area (Å²) in [5.74, 6) is 1.25. The van der Waals surface area contributed by atoms with Gasteiger partial charge in [0.2, 0.25) is 0 Å². The third-order valence-electron chi connectivity index (χ3n) is 2.68. The van der Waals surface area contributed by atoms with Gasteiger partial charge in [-0.05, 0) is 42.5 Å². The first-order valence-electron chi connectivity index (χ1n) is 6.15. The smallest absolute Gasteiger partial charge is 0.147 e. The van der Waals surface area contributed by atoms with Crippen molar-refractivity contribution >= 4 is 21.6 Å². The highest BCUT2D eigenvalue weighted by Crippen LogP contribution is 2.19. The monoisotopic (exact) mass is 339 g/mol. The first-order chi connectivity index (χ1) is 9.69. The highest BCUT2D eigenvalue weighted by Gasteiger charge is 2.01. The van der Waals surface area contributed by atoms with Crippen LogP contribution in [-0.4, -0.2) is 20.3 Å². The predicted molar refractivity (Wildman–Crippen MR) is 81.1 cm³/mol. The van der Waals surface area contributed by atoms with Crippen LogP contribution in [0.4, 0.5) is 10.1 Å². The van der Waals surface area contributed by atoms with Gasteiger partial charge in [0, 0.05) is 11.0 Å². The maximum Gasteiger partial charge on any atom is 0.147 e. The average molecular weight is 340 g/mol. The van der Waals surface area contributed by atoms with Gasteiger partial charge in [-0.3, -0.25) is 0 Å². The molecule has 0 unspecified atom stereocenters. The van der Waals surface area contributed by atoms with Crippen LogP contribution in [0.15, 0.2) is 46.9 Å². The Morgan fingerprint density at radius 1 is 1.10 bits per heavy atom. The fourth-order valence-electron chi connectivity index (χ4n) is 1.66. The Labute approximate surface area is 125 Å². The minimum absolute atomic E-state index is 0.288. The Kier molecular flexibility index (Phi) is 5.24. The largest absolute Gasteiger partial charge is 0.497 e. The van der Waals surface area contributed by atoms with Gasteiger partial charge in [0.25, 0.3) is 0 Å². The van der Waals surface area contributed by atoms with Gasteiger partial charge in [0.05, 0.1) is 12.8 Å². The van der Waals surface area contributed by atoms with Crippen molar-refractivity contribution in [3.63, 3.8) is 0 Å². The number of hydrogen-bond acceptors (Lipinski definition) is 3. The number of hydrogen-bond donors (Lipinski definition) is 1. The zero-order chi connectivity index (χ0) is 14.4. The van der Waals surface area contributed by atoms with Gasteiger partial charge in [-0.15, -0.1) is 0 Å². The average Bonchev–Trinajstić information content (AvgIpc) is 2.46. The Bertz CT molecular complexity index is 560. The van der Waals surface area contributed by atoms with Gasteiger partial charge >= 0.3 is 0 Å². The zero-order valence-electron chi connectivity index (χ0n) is 11.0. The SMILES string of the molecule is COc1ccc(OCCNc2ccc(Br)cc2F)cc1. The van der Waals surface area contributed by atoms with Crippen molar-refractivity contribution in [2.24, 2.45) is 0 Å². The van der Waals surface area contributed by atoms with Crippen LogP contribution in [0.25, 0.3) is 0 Å². The highest BCUT2D eigenvalue weighted by atomic mass is 79.9. The van der Waals surface area contributed by atoms with Crippen LogP contribution in [0.5, 0.6) is 11.5 Å². The van der Waals surface area contributed by atoms with Crippen LogP contribution in [0.2, 0.25) is 0 Å². The summed E-state index contributed by atoms with van der Waals surface area (Å²) in [6.07, 6.45) is 0. The van der Waals surface area contributed by atoms with Crippen LogP contribution in [0.3, 0.4) is 0 Å². The molecule has 0 saturated carbocycles. The van der Waals surface area contributed by atoms with Crippen LogP contribution in [0, 0.1) is 5.82 Å². The van der Waals surface area contributed by atoms with E-state index in [0.717, 1.165) is 16.0 Å². The molecule has 1 N–H and O–H groups in total. The van der Waals surface area contributed by atoms with Gasteiger partial charge in [-0.1, -0.05) is 15.9 Å². The first kappa shape index (κ1) is 14.7. The van der Waals surface area contributed by atoms with Gasteiger partial charge in [-0.25, -0.2) is 4.39 Å². The Morgan fingerprint density at radius 2 is 1.80 bits per heavy atom. The number of ether oxygens (including phenoxy) is 2. The second-order valence-electron chi connectivity index (χ2n) is 4.07. The van der Waals surface area contributed by atoms with E-state index >= 15 is 0 Å². The lowest BCUT2D eigenvalue weighted by molar-refractivity contribution is 0.331. The summed E-state index contributed by atoms with van der Waals surface area (Å²) in [6.45, 7) is 0.965. The maximum atomic E-state index is 13.5. The molecule has 0 spiro atoms. The van der Waals surface area contributed by atoms with Crippen LogP contribution >= 0.6 is 15.9 Å². The Morgan fingerprint density at radius 3 is 2.45 bits per heavy atom. The lowest BCUT2D eigenvalue weighted by Gasteiger charge is -2.10. The molecular weight excluding hydrogens is 325 g/mol. The van der Waals surface area contributed by atoms with Gasteiger partial charge in [0.15, 0.2) is 0 Å². The molecule has 0 atom stereocenters. The van der Waals surface area contributed by atoms with Crippen molar-refractivity contribution in [1.29, 1.82) is 0 Å². The molecule has 2 aromatic rings. The summed E-state index contributed by atoms with van der Waals surface area (Å²) in [6, 6.07) is 12.2. The minimum atomic E-state index is -0.288. The molecule has 0 bridgehead atoms. The number of nitrogens with one attached hydrogen (secondary N) is 1. The summed E-state index contributed by atoms with van der Waals surface area (Å²) in [5, 5.41) is 2.99. The van der Waals surface area contributed by atoms with Crippen molar-refractivity contribution in [3.05, 3.63) is 52.8 Å². The molecule has 0 fully saturated rings. The highest BCUT2D eigenvalue weighted by molar-refractivity contribution is 9.10. The zero-order valence-corrected chi connectivity index (χ0v) is 12.6. The molecule has 0 aromatic heterocycles. The molecular formula is C15H15BrFNO2. The molecule has 106 valence electrons. The van der Waals surface area contributed by atoms with E-state index in [0.29, 0.717) is 18.8 Å². The summed E-state index contributed by atoms with van der Waals surface area (Å²) >= 11 is 3.22. The normalized spacial score (nSPS) is 10.2. The third-order valence-corrected chi connectivity index (χ3v) is 3.17. The molecule has 3 nitrogen and oxygen atoms in total. The Hall–Kier alpha value is -1.75. The summed E-state index contributed by atoms with van der Waals surface area (Å²) in [4.78, 5) is 0. The molecule has 0 heterocycles. The molecule has 0 radical (unpaired) electrons. The molecule has 0 saturated heterocycles. The third kappa shape index (κ3) is 4.13. The van der Waals surface area contributed by atoms with E-state index < -0.39 is 0 Å². The lowest BCUT2D eigenvalue weighted by Crippen LogP contribution is -2.12. The van der Waals surface area contributed by atoms with E-state index in [1.807, 2.05) is 24.3 Å². The maximum absolute atomic E-state index is 13.5. The fraction of sp³-hybridized carbons (Fsp3) is 0.200. The van der Waals surface area contributed by atoms with Crippen molar-refractivity contribution in [2.45, 2.75) is 0 Å². The molecule has 2 rings (SSSR count). The first-order valence-corrected chi connectivity index (χ1v) is 6.94. The topological polar surface area (TPSA) is 30.5 Å². The number of methoxy groups -OCH3 is 1. The molecule has 0 aliphatic carbocycles. The van der Waals surface area contributed by atoms with Crippen molar-refractivity contribution in [1.82, 2.24) is 0 Å². The summed E-state index contributed by atoms with van der Waals surface area (Å²) in [7, 11) is 1.62. The quantitative estimate of drug-likeness (QED) is 0.804. The summed E-state index contributed by atoms with van der Waals surface area (Å²) in [5.41, 5.74) is 0.464. The molecule has 0 aliphatic heterocycles. The predicted octanol–water partition coefficient (Wildman–Crippen LogP) is 4.09. The molecule has 0 aliphatic rings. The standard InChI is InChI=1S/C15H15BrFNO2/c1-19-12-3-5-13(6-4-12)20-9-8-18-15-7-2-11(16)10-14(15)17/h2-7,10,18H,8-9H2,1H3. The molecule has 0 amide bonds. The van der Waals surface area contributed by atoms with E-state index in [9.17, 15) is 4.39 Å². The van der Waals surface area contributed by atoms with E-state index in [-0.39, 0.29) is 5.82 Å². The van der Waals surface area contributed by atoms with Crippen molar-refractivity contribution in [3.8, 4) is 11.5 Å². The number of benzene rings is 2. The Balaban J connectivity index is 1.78. The summed E-state index contributed by atoms with van der Waals surface area (Å²) < 4.78 is 24.9. The second kappa shape index (κ2) is 7.14. The second-order valence-corrected chi connectivity index (χ2v) is 4.99. The molecule has 5 heteroatoms. The van der Waals surface area contributed by atoms with Gasteiger partial charge < -0.3 is 14.8 Å². The van der Waals surface area contributed by atoms with Crippen LogP contribution in [0.1, 0.15) is 0 Å². The molecule has 2 aromatic carbocycles. The number of halogens is 2. The van der Waals surface area contributed by atoms with Gasteiger partial charge in [0.1, 0.15) is 23.9 Å². The van der Waals surface area contributed by atoms with E-state index in [2.05, 4.69) is 21.2 Å². The molecule has 20 heavy (non-hydrogen) atoms. The van der Waals surface area contributed by atoms with Crippen molar-refractivity contribution in [2.75, 3.05) is 25.6 Å². The van der Waals surface area contributed by atoms with Gasteiger partial charge in [-0.2, -0.15) is 0 Å². The van der Waals surface area contributed by atoms with E-state index in [1.165, 1.54) is 6.07 Å². The van der Waals surface area contributed by atoms with E-state index in [4.69, 9.17) is 9.47 Å². The van der Waals surface area contributed by atoms with Crippen LogP contribution < -0.4 is 14.8 Å². The van der Waals surface area contributed by atoms with E-state index in [1.54, 1.807) is 19.2 Å².